The van der Waals surface area contributed by atoms with Crippen LogP contribution in [0.25, 0.3) is 21.8 Å². The van der Waals surface area contributed by atoms with Crippen LogP contribution in [-0.4, -0.2) is 33.1 Å². The van der Waals surface area contributed by atoms with Gasteiger partial charge in [-0.15, -0.1) is 0 Å². The Labute approximate surface area is 202 Å². The lowest BCUT2D eigenvalue weighted by atomic mass is 9.95. The van der Waals surface area contributed by atoms with E-state index in [1.165, 1.54) is 11.1 Å². The molecule has 1 aliphatic rings. The lowest BCUT2D eigenvalue weighted by Gasteiger charge is -2.17. The Bertz CT molecular complexity index is 1600. The number of imidazole rings is 1. The highest BCUT2D eigenvalue weighted by Crippen LogP contribution is 2.22. The number of hydrogen-bond acceptors (Lipinski definition) is 5. The van der Waals surface area contributed by atoms with Crippen LogP contribution in [0.15, 0.2) is 72.9 Å². The summed E-state index contributed by atoms with van der Waals surface area (Å²) in [7, 11) is 0. The Hall–Kier alpha value is -4.16. The number of aromatic nitrogens is 3. The van der Waals surface area contributed by atoms with Crippen molar-refractivity contribution < 1.29 is 9.59 Å². The largest absolute Gasteiger partial charge is 0.342 e. The minimum atomic E-state index is -0.119. The number of rotatable bonds is 6. The number of fused-ring (bicyclic) bond motifs is 3. The van der Waals surface area contributed by atoms with Crippen LogP contribution in [-0.2, 0) is 25.8 Å². The molecule has 0 saturated carbocycles. The number of nitrogens with zero attached hydrogens (tertiary/aromatic N) is 2. The van der Waals surface area contributed by atoms with Crippen LogP contribution < -0.4 is 5.32 Å². The third-order valence-corrected chi connectivity index (χ3v) is 6.63. The molecule has 6 rings (SSSR count). The van der Waals surface area contributed by atoms with Crippen LogP contribution >= 0.6 is 0 Å². The van der Waals surface area contributed by atoms with Gasteiger partial charge in [0.25, 0.3) is 0 Å². The molecule has 6 nitrogen and oxygen atoms in total. The molecule has 2 aromatic heterocycles. The van der Waals surface area contributed by atoms with Gasteiger partial charge in [-0.3, -0.25) is 14.6 Å². The van der Waals surface area contributed by atoms with Gasteiger partial charge in [0.05, 0.1) is 17.5 Å². The Balaban J connectivity index is 1.24. The second kappa shape index (κ2) is 8.89. The van der Waals surface area contributed by atoms with Gasteiger partial charge >= 0.3 is 0 Å². The van der Waals surface area contributed by atoms with Gasteiger partial charge in [-0.25, -0.2) is 4.98 Å². The maximum Gasteiger partial charge on any atom is 0.188 e. The average molecular weight is 461 g/mol. The Morgan fingerprint density at radius 3 is 2.66 bits per heavy atom. The van der Waals surface area contributed by atoms with Gasteiger partial charge in [0.1, 0.15) is 11.5 Å². The third kappa shape index (κ3) is 4.24. The van der Waals surface area contributed by atoms with Crippen molar-refractivity contribution in [2.24, 2.45) is 0 Å². The first-order valence-corrected chi connectivity index (χ1v) is 11.8. The molecule has 0 fully saturated rings. The van der Waals surface area contributed by atoms with Gasteiger partial charge in [0, 0.05) is 30.1 Å². The topological polar surface area (TPSA) is 87.7 Å². The zero-order valence-corrected chi connectivity index (χ0v) is 19.2. The van der Waals surface area contributed by atoms with Crippen molar-refractivity contribution in [2.75, 3.05) is 6.54 Å². The molecule has 3 heterocycles. The average Bonchev–Trinajstić information content (AvgIpc) is 3.30. The highest BCUT2D eigenvalue weighted by molar-refractivity contribution is 6.07. The maximum absolute atomic E-state index is 13.2. The smallest absolute Gasteiger partial charge is 0.188 e. The van der Waals surface area contributed by atoms with Crippen LogP contribution in [0.2, 0.25) is 0 Å². The van der Waals surface area contributed by atoms with E-state index in [4.69, 9.17) is 0 Å². The highest BCUT2D eigenvalue weighted by atomic mass is 16.1. The summed E-state index contributed by atoms with van der Waals surface area (Å²) in [5.74, 6) is 0.429. The lowest BCUT2D eigenvalue weighted by molar-refractivity contribution is 0.0982. The molecule has 5 aromatic rings. The highest BCUT2D eigenvalue weighted by Gasteiger charge is 2.18. The number of pyridine rings is 1. The fraction of sp³-hybridized carbons (Fsp3) is 0.172. The molecule has 1 aliphatic heterocycles. The number of benzene rings is 3. The zero-order valence-electron chi connectivity index (χ0n) is 19.2. The minimum Gasteiger partial charge on any atom is -0.342 e. The normalized spacial score (nSPS) is 13.1. The summed E-state index contributed by atoms with van der Waals surface area (Å²) < 4.78 is 0. The molecule has 172 valence electrons. The van der Waals surface area contributed by atoms with E-state index in [0.717, 1.165) is 41.4 Å². The van der Waals surface area contributed by atoms with Gasteiger partial charge in [-0.1, -0.05) is 48.5 Å². The summed E-state index contributed by atoms with van der Waals surface area (Å²) in [6.07, 6.45) is 3.11. The first kappa shape index (κ1) is 21.4. The molecule has 0 bridgehead atoms. The Morgan fingerprint density at radius 1 is 0.857 bits per heavy atom. The van der Waals surface area contributed by atoms with Gasteiger partial charge in [-0.05, 0) is 53.2 Å². The lowest BCUT2D eigenvalue weighted by Crippen LogP contribution is -2.23. The number of nitrogens with one attached hydrogen (secondary N) is 2. The quantitative estimate of drug-likeness (QED) is 0.362. The van der Waals surface area contributed by atoms with Crippen LogP contribution in [0.4, 0.5) is 0 Å². The van der Waals surface area contributed by atoms with E-state index in [0.29, 0.717) is 29.0 Å². The second-order valence-corrected chi connectivity index (χ2v) is 9.03. The van der Waals surface area contributed by atoms with Crippen molar-refractivity contribution in [3.63, 3.8) is 0 Å². The Morgan fingerprint density at radius 2 is 1.74 bits per heavy atom. The monoisotopic (exact) mass is 460 g/mol. The molecule has 6 heteroatoms. The number of Topliss-reactive ketones (excluding diaryl/α,β-unsaturated/α-hetero) is 2. The summed E-state index contributed by atoms with van der Waals surface area (Å²) in [5, 5.41) is 5.34. The molecule has 0 radical (unpaired) electrons. The van der Waals surface area contributed by atoms with Gasteiger partial charge in [0.2, 0.25) is 0 Å². The van der Waals surface area contributed by atoms with E-state index in [2.05, 4.69) is 32.4 Å². The van der Waals surface area contributed by atoms with Gasteiger partial charge in [0.15, 0.2) is 11.6 Å². The van der Waals surface area contributed by atoms with Crippen molar-refractivity contribution in [1.82, 2.24) is 20.3 Å². The molecule has 35 heavy (non-hydrogen) atoms. The molecule has 0 amide bonds. The first-order chi connectivity index (χ1) is 17.1. The summed E-state index contributed by atoms with van der Waals surface area (Å²) >= 11 is 0. The molecule has 0 unspecified atom stereocenters. The van der Waals surface area contributed by atoms with Crippen molar-refractivity contribution >= 4 is 33.4 Å². The first-order valence-electron chi connectivity index (χ1n) is 11.8. The maximum atomic E-state index is 13.2. The zero-order chi connectivity index (χ0) is 23.8. The van der Waals surface area contributed by atoms with E-state index in [1.807, 2.05) is 54.6 Å². The van der Waals surface area contributed by atoms with Crippen LogP contribution in [0.3, 0.4) is 0 Å². The number of para-hydroxylation sites is 1. The fourth-order valence-electron chi connectivity index (χ4n) is 4.79. The standard InChI is InChI=1S/C29H24N4O2/c34-26(13-18-8-9-22-16-30-11-10-20(22)12-18)23-6-3-7-24-29(23)33-28(32-24)15-27(35)25-14-19-4-1-2-5-21(19)17-31-25/h1-9,12,14,17,30H,10-11,13,15-16H2,(H,32,33). The molecule has 0 spiro atoms. The molecular weight excluding hydrogens is 436 g/mol. The molecule has 2 N–H and O–H groups in total. The fourth-order valence-corrected chi connectivity index (χ4v) is 4.79. The molecule has 3 aromatic carbocycles. The second-order valence-electron chi connectivity index (χ2n) is 9.03. The van der Waals surface area contributed by atoms with E-state index < -0.39 is 0 Å². The number of carbonyl (C=O) groups is 2. The number of hydrogen-bond donors (Lipinski definition) is 2. The van der Waals surface area contributed by atoms with E-state index >= 15 is 0 Å². The van der Waals surface area contributed by atoms with Crippen molar-refractivity contribution in [1.29, 1.82) is 0 Å². The molecule has 0 aliphatic carbocycles. The number of ketones is 2. The van der Waals surface area contributed by atoms with E-state index in [1.54, 1.807) is 6.20 Å². The number of H-pyrrole nitrogens is 1. The van der Waals surface area contributed by atoms with Crippen molar-refractivity contribution in [2.45, 2.75) is 25.8 Å². The third-order valence-electron chi connectivity index (χ3n) is 6.63. The van der Waals surface area contributed by atoms with Crippen LogP contribution in [0.5, 0.6) is 0 Å². The summed E-state index contributed by atoms with van der Waals surface area (Å²) in [4.78, 5) is 38.3. The van der Waals surface area contributed by atoms with E-state index in [-0.39, 0.29) is 18.0 Å². The Kier molecular flexibility index (Phi) is 5.43. The van der Waals surface area contributed by atoms with Crippen molar-refractivity contribution in [3.05, 3.63) is 107 Å². The molecule has 0 saturated heterocycles. The van der Waals surface area contributed by atoms with Crippen LogP contribution in [0, 0.1) is 0 Å². The summed E-state index contributed by atoms with van der Waals surface area (Å²) in [6.45, 7) is 1.85. The minimum absolute atomic E-state index is 0.0186. The predicted molar refractivity (Wildman–Crippen MR) is 136 cm³/mol. The summed E-state index contributed by atoms with van der Waals surface area (Å²) in [5.41, 5.74) is 5.97. The number of carbonyl (C=O) groups excluding carboxylic acids is 2. The number of aromatic amines is 1. The van der Waals surface area contributed by atoms with Crippen molar-refractivity contribution in [3.8, 4) is 0 Å². The van der Waals surface area contributed by atoms with E-state index in [9.17, 15) is 9.59 Å². The van der Waals surface area contributed by atoms with Gasteiger partial charge in [-0.2, -0.15) is 0 Å². The van der Waals surface area contributed by atoms with Crippen LogP contribution in [0.1, 0.15) is 43.4 Å². The predicted octanol–water partition coefficient (Wildman–Crippen LogP) is 4.61. The van der Waals surface area contributed by atoms with Gasteiger partial charge < -0.3 is 10.3 Å². The SMILES string of the molecule is O=C(Cc1nc2c(C(=O)Cc3ccc4c(c3)CCNC4)cccc2[nH]1)c1cc2ccccc2cn1. The molecular formula is C29H24N4O2. The molecule has 0 atom stereocenters. The summed E-state index contributed by atoms with van der Waals surface area (Å²) in [6, 6.07) is 21.5.